The van der Waals surface area contributed by atoms with Gasteiger partial charge in [0.15, 0.2) is 11.6 Å². The van der Waals surface area contributed by atoms with E-state index < -0.39 is 35.4 Å². The molecule has 0 bridgehead atoms. The standard InChI is InChI=1S/C22H25F5N2O/c1-13-18(24)15(23)11-16-19(13)29(20(2)7-4-8-20)17(28-16)6-3-5-14(30)12-21(9-10-21)22(25,26)27/h11H,3-10,12H2,1-2H3. The summed E-state index contributed by atoms with van der Waals surface area (Å²) in [4.78, 5) is 16.7. The molecule has 164 valence electrons. The highest BCUT2D eigenvalue weighted by Crippen LogP contribution is 2.60. The maximum absolute atomic E-state index is 14.2. The van der Waals surface area contributed by atoms with E-state index in [0.29, 0.717) is 29.7 Å². The fraction of sp³-hybridized carbons (Fsp3) is 0.636. The molecule has 2 aliphatic carbocycles. The number of rotatable bonds is 7. The van der Waals surface area contributed by atoms with Gasteiger partial charge in [0.05, 0.1) is 16.4 Å². The van der Waals surface area contributed by atoms with Gasteiger partial charge in [-0.05, 0) is 52.4 Å². The number of hydrogen-bond donors (Lipinski definition) is 0. The van der Waals surface area contributed by atoms with Gasteiger partial charge in [0, 0.05) is 36.4 Å². The second-order valence-corrected chi connectivity index (χ2v) is 9.23. The number of carbonyl (C=O) groups excluding carboxylic acids is 1. The van der Waals surface area contributed by atoms with Crippen LogP contribution < -0.4 is 0 Å². The number of aromatic nitrogens is 2. The second-order valence-electron chi connectivity index (χ2n) is 9.23. The van der Waals surface area contributed by atoms with Gasteiger partial charge in [0.25, 0.3) is 0 Å². The molecule has 0 atom stereocenters. The van der Waals surface area contributed by atoms with Gasteiger partial charge < -0.3 is 4.57 Å². The molecule has 0 spiro atoms. The van der Waals surface area contributed by atoms with Crippen LogP contribution in [0.5, 0.6) is 0 Å². The summed E-state index contributed by atoms with van der Waals surface area (Å²) in [6, 6.07) is 1.09. The van der Waals surface area contributed by atoms with Crippen molar-refractivity contribution >= 4 is 16.8 Å². The molecule has 2 aliphatic rings. The normalized spacial score (nSPS) is 19.7. The molecule has 4 rings (SSSR count). The molecular weight excluding hydrogens is 403 g/mol. The van der Waals surface area contributed by atoms with Crippen LogP contribution in [0.25, 0.3) is 11.0 Å². The Morgan fingerprint density at radius 1 is 1.20 bits per heavy atom. The predicted molar refractivity (Wildman–Crippen MR) is 102 cm³/mol. The highest BCUT2D eigenvalue weighted by Gasteiger charge is 2.63. The Kier molecular flexibility index (Phi) is 4.97. The zero-order valence-electron chi connectivity index (χ0n) is 17.1. The molecule has 1 heterocycles. The van der Waals surface area contributed by atoms with Crippen LogP contribution in [-0.4, -0.2) is 21.5 Å². The number of aryl methyl sites for hydroxylation is 2. The molecule has 2 saturated carbocycles. The van der Waals surface area contributed by atoms with Gasteiger partial charge >= 0.3 is 6.18 Å². The van der Waals surface area contributed by atoms with Crippen LogP contribution in [-0.2, 0) is 16.8 Å². The first-order valence-corrected chi connectivity index (χ1v) is 10.4. The average Bonchev–Trinajstić information content (AvgIpc) is 3.33. The molecule has 2 fully saturated rings. The average molecular weight is 428 g/mol. The topological polar surface area (TPSA) is 34.9 Å². The largest absolute Gasteiger partial charge is 0.394 e. The minimum atomic E-state index is -4.33. The molecule has 2 aromatic rings. The van der Waals surface area contributed by atoms with Gasteiger partial charge in [-0.2, -0.15) is 13.2 Å². The first-order chi connectivity index (χ1) is 14.0. The Morgan fingerprint density at radius 3 is 2.40 bits per heavy atom. The van der Waals surface area contributed by atoms with Crippen molar-refractivity contribution in [2.45, 2.75) is 83.4 Å². The van der Waals surface area contributed by atoms with E-state index in [1.165, 1.54) is 6.92 Å². The lowest BCUT2D eigenvalue weighted by molar-refractivity contribution is -0.190. The molecule has 0 unspecified atom stereocenters. The highest BCUT2D eigenvalue weighted by molar-refractivity contribution is 5.81. The van der Waals surface area contributed by atoms with Crippen LogP contribution >= 0.6 is 0 Å². The Hall–Kier alpha value is -1.99. The number of hydrogen-bond acceptors (Lipinski definition) is 2. The maximum atomic E-state index is 14.2. The Balaban J connectivity index is 1.54. The van der Waals surface area contributed by atoms with E-state index in [2.05, 4.69) is 4.98 Å². The fourth-order valence-corrected chi connectivity index (χ4v) is 4.69. The zero-order valence-corrected chi connectivity index (χ0v) is 17.1. The lowest BCUT2D eigenvalue weighted by Gasteiger charge is -2.41. The summed E-state index contributed by atoms with van der Waals surface area (Å²) in [7, 11) is 0. The predicted octanol–water partition coefficient (Wildman–Crippen LogP) is 6.15. The number of benzene rings is 1. The van der Waals surface area contributed by atoms with E-state index in [9.17, 15) is 26.7 Å². The van der Waals surface area contributed by atoms with Gasteiger partial charge in [0.2, 0.25) is 0 Å². The van der Waals surface area contributed by atoms with Crippen molar-refractivity contribution in [3.8, 4) is 0 Å². The lowest BCUT2D eigenvalue weighted by Crippen LogP contribution is -2.38. The van der Waals surface area contributed by atoms with Crippen LogP contribution in [0.4, 0.5) is 22.0 Å². The van der Waals surface area contributed by atoms with Crippen LogP contribution in [0.15, 0.2) is 6.07 Å². The summed E-state index contributed by atoms with van der Waals surface area (Å²) < 4.78 is 69.3. The third kappa shape index (κ3) is 3.42. The molecule has 0 aliphatic heterocycles. The summed E-state index contributed by atoms with van der Waals surface area (Å²) in [5.74, 6) is -1.61. The van der Waals surface area contributed by atoms with Crippen LogP contribution in [0.2, 0.25) is 0 Å². The molecule has 3 nitrogen and oxygen atoms in total. The lowest BCUT2D eigenvalue weighted by atomic mass is 9.78. The molecule has 1 aromatic heterocycles. The van der Waals surface area contributed by atoms with Crippen molar-refractivity contribution in [3.05, 3.63) is 29.1 Å². The van der Waals surface area contributed by atoms with Crippen molar-refractivity contribution in [3.63, 3.8) is 0 Å². The summed E-state index contributed by atoms with van der Waals surface area (Å²) in [5.41, 5.74) is -0.935. The molecule has 30 heavy (non-hydrogen) atoms. The number of ketones is 1. The van der Waals surface area contributed by atoms with Crippen molar-refractivity contribution in [1.29, 1.82) is 0 Å². The third-order valence-electron chi connectivity index (χ3n) is 6.95. The number of fused-ring (bicyclic) bond motifs is 1. The molecule has 0 saturated heterocycles. The maximum Gasteiger partial charge on any atom is 0.394 e. The van der Waals surface area contributed by atoms with Crippen molar-refractivity contribution < 1.29 is 26.7 Å². The van der Waals surface area contributed by atoms with Crippen LogP contribution in [0.3, 0.4) is 0 Å². The molecule has 0 N–H and O–H groups in total. The van der Waals surface area contributed by atoms with E-state index in [-0.39, 0.29) is 30.4 Å². The Morgan fingerprint density at radius 2 is 1.87 bits per heavy atom. The number of halogens is 5. The number of imidazole rings is 1. The molecule has 1 aromatic carbocycles. The van der Waals surface area contributed by atoms with E-state index >= 15 is 0 Å². The summed E-state index contributed by atoms with van der Waals surface area (Å²) in [5, 5.41) is 0. The van der Waals surface area contributed by atoms with Gasteiger partial charge in [0.1, 0.15) is 11.6 Å². The van der Waals surface area contributed by atoms with Gasteiger partial charge in [-0.1, -0.05) is 0 Å². The summed E-state index contributed by atoms with van der Waals surface area (Å²) in [6.45, 7) is 3.58. The van der Waals surface area contributed by atoms with Crippen LogP contribution in [0.1, 0.15) is 69.7 Å². The number of Topliss-reactive ketones (excluding diaryl/α,β-unsaturated/α-hetero) is 1. The quantitative estimate of drug-likeness (QED) is 0.496. The van der Waals surface area contributed by atoms with Gasteiger partial charge in [-0.3, -0.25) is 4.79 Å². The monoisotopic (exact) mass is 428 g/mol. The SMILES string of the molecule is Cc1c(F)c(F)cc2nc(CCCC(=O)CC3(C(F)(F)F)CC3)n(C3(C)CCC3)c12. The smallest absolute Gasteiger partial charge is 0.322 e. The minimum absolute atomic E-state index is 0.0206. The Bertz CT molecular complexity index is 999. The third-order valence-corrected chi connectivity index (χ3v) is 6.95. The fourth-order valence-electron chi connectivity index (χ4n) is 4.69. The number of alkyl halides is 3. The molecule has 8 heteroatoms. The van der Waals surface area contributed by atoms with Crippen LogP contribution in [0, 0.1) is 24.0 Å². The van der Waals surface area contributed by atoms with E-state index in [0.717, 1.165) is 25.3 Å². The second kappa shape index (κ2) is 7.02. The van der Waals surface area contributed by atoms with Crippen molar-refractivity contribution in [1.82, 2.24) is 9.55 Å². The van der Waals surface area contributed by atoms with E-state index in [1.54, 1.807) is 0 Å². The van der Waals surface area contributed by atoms with Gasteiger partial charge in [-0.15, -0.1) is 0 Å². The van der Waals surface area contributed by atoms with Crippen molar-refractivity contribution in [2.75, 3.05) is 0 Å². The molecule has 0 amide bonds. The highest BCUT2D eigenvalue weighted by atomic mass is 19.4. The first kappa shape index (κ1) is 21.2. The Labute approximate surface area is 171 Å². The summed E-state index contributed by atoms with van der Waals surface area (Å²) >= 11 is 0. The zero-order chi connectivity index (χ0) is 21.9. The van der Waals surface area contributed by atoms with Crippen molar-refractivity contribution in [2.24, 2.45) is 5.41 Å². The molecular formula is C22H25F5N2O. The summed E-state index contributed by atoms with van der Waals surface area (Å²) in [6.07, 6.45) is -1.18. The number of nitrogens with zero attached hydrogens (tertiary/aromatic N) is 2. The molecule has 0 radical (unpaired) electrons. The van der Waals surface area contributed by atoms with E-state index in [1.807, 2.05) is 11.5 Å². The first-order valence-electron chi connectivity index (χ1n) is 10.4. The van der Waals surface area contributed by atoms with Gasteiger partial charge in [-0.25, -0.2) is 13.8 Å². The van der Waals surface area contributed by atoms with E-state index in [4.69, 9.17) is 0 Å². The number of carbonyl (C=O) groups is 1. The minimum Gasteiger partial charge on any atom is -0.322 e.